The van der Waals surface area contributed by atoms with E-state index in [1.165, 1.54) is 18.3 Å². The van der Waals surface area contributed by atoms with Gasteiger partial charge in [-0.2, -0.15) is 0 Å². The highest BCUT2D eigenvalue weighted by atomic mass is 35.5. The highest BCUT2D eigenvalue weighted by molar-refractivity contribution is 6.34. The van der Waals surface area contributed by atoms with Gasteiger partial charge >= 0.3 is 0 Å². The molecule has 0 aliphatic heterocycles. The van der Waals surface area contributed by atoms with E-state index in [1.54, 1.807) is 0 Å². The molecule has 0 saturated heterocycles. The summed E-state index contributed by atoms with van der Waals surface area (Å²) in [4.78, 5) is 22.9. The first-order valence-electron chi connectivity index (χ1n) is 5.18. The maximum atomic E-state index is 11.9. The number of aromatic nitrogens is 4. The highest BCUT2D eigenvalue weighted by Gasteiger charge is 2.16. The number of anilines is 1. The number of carbonyl (C=O) groups is 1. The molecule has 2 aromatic rings. The summed E-state index contributed by atoms with van der Waals surface area (Å²) < 4.78 is 0. The van der Waals surface area contributed by atoms with Crippen LogP contribution in [0.4, 0.5) is 11.6 Å². The van der Waals surface area contributed by atoms with Crippen molar-refractivity contribution in [3.05, 3.63) is 45.5 Å². The second kappa shape index (κ2) is 5.45. The van der Waals surface area contributed by atoms with Crippen LogP contribution in [0, 0.1) is 10.1 Å². The van der Waals surface area contributed by atoms with Gasteiger partial charge in [0.2, 0.25) is 0 Å². The molecule has 0 aliphatic rings. The zero-order valence-electron chi connectivity index (χ0n) is 9.86. The van der Waals surface area contributed by atoms with E-state index in [1.807, 2.05) is 0 Å². The molecule has 1 aromatic heterocycles. The van der Waals surface area contributed by atoms with Crippen LogP contribution in [0.25, 0.3) is 6.20 Å². The van der Waals surface area contributed by atoms with E-state index in [-0.39, 0.29) is 22.2 Å². The predicted molar refractivity (Wildman–Crippen MR) is 70.3 cm³/mol. The minimum atomic E-state index is -0.606. The minimum Gasteiger partial charge on any atom is -0.288 e. The number of rotatable bonds is 4. The van der Waals surface area contributed by atoms with Crippen LogP contribution in [0.15, 0.2) is 24.8 Å². The average molecular weight is 295 g/mol. The molecule has 20 heavy (non-hydrogen) atoms. The van der Waals surface area contributed by atoms with Gasteiger partial charge in [-0.3, -0.25) is 20.2 Å². The third-order valence-electron chi connectivity index (χ3n) is 2.23. The zero-order valence-corrected chi connectivity index (χ0v) is 10.6. The molecule has 0 saturated carbocycles. The number of nitrogens with zero attached hydrogens (tertiary/aromatic N) is 5. The number of nitrogens with one attached hydrogen (secondary N) is 1. The molecular formula is C10H7ClN6O3. The van der Waals surface area contributed by atoms with E-state index in [0.717, 1.165) is 10.9 Å². The fraction of sp³-hybridized carbons (Fsp3) is 0. The number of hydrogen-bond donors (Lipinski definition) is 1. The average Bonchev–Trinajstić information content (AvgIpc) is 2.85. The third kappa shape index (κ3) is 2.78. The topological polar surface area (TPSA) is 116 Å². The molecule has 0 fully saturated rings. The summed E-state index contributed by atoms with van der Waals surface area (Å²) >= 11 is 5.82. The molecule has 0 radical (unpaired) electrons. The lowest BCUT2D eigenvalue weighted by molar-refractivity contribution is -0.384. The lowest BCUT2D eigenvalue weighted by Crippen LogP contribution is -2.13. The summed E-state index contributed by atoms with van der Waals surface area (Å²) in [6.45, 7) is 3.42. The molecule has 0 bridgehead atoms. The van der Waals surface area contributed by atoms with Crippen LogP contribution in [0.2, 0.25) is 5.02 Å². The highest BCUT2D eigenvalue weighted by Crippen LogP contribution is 2.22. The molecule has 0 spiro atoms. The molecule has 102 valence electrons. The zero-order chi connectivity index (χ0) is 14.7. The van der Waals surface area contributed by atoms with Crippen molar-refractivity contribution in [2.45, 2.75) is 0 Å². The number of halogens is 1. The Morgan fingerprint density at radius 2 is 2.30 bits per heavy atom. The van der Waals surface area contributed by atoms with Crippen LogP contribution >= 0.6 is 11.6 Å². The first-order chi connectivity index (χ1) is 9.51. The first-order valence-corrected chi connectivity index (χ1v) is 5.56. The Hall–Kier alpha value is -2.81. The predicted octanol–water partition coefficient (Wildman–Crippen LogP) is 1.59. The summed E-state index contributed by atoms with van der Waals surface area (Å²) in [5, 5.41) is 23.8. The van der Waals surface area contributed by atoms with Crippen molar-refractivity contribution in [2.24, 2.45) is 0 Å². The molecule has 1 amide bonds. The summed E-state index contributed by atoms with van der Waals surface area (Å²) in [5.74, 6) is -0.641. The Balaban J connectivity index is 2.20. The number of nitro groups is 1. The number of carbonyl (C=O) groups excluding carboxylic acids is 1. The van der Waals surface area contributed by atoms with E-state index < -0.39 is 10.8 Å². The Morgan fingerprint density at radius 3 is 2.85 bits per heavy atom. The van der Waals surface area contributed by atoms with Crippen molar-refractivity contribution < 1.29 is 9.72 Å². The largest absolute Gasteiger partial charge is 0.288 e. The van der Waals surface area contributed by atoms with Crippen LogP contribution in [0.3, 0.4) is 0 Å². The lowest BCUT2D eigenvalue weighted by Gasteiger charge is -2.02. The van der Waals surface area contributed by atoms with Crippen molar-refractivity contribution in [3.8, 4) is 0 Å². The molecule has 1 N–H and O–H groups in total. The molecule has 9 nitrogen and oxygen atoms in total. The van der Waals surface area contributed by atoms with Gasteiger partial charge < -0.3 is 0 Å². The molecule has 2 rings (SSSR count). The van der Waals surface area contributed by atoms with Crippen molar-refractivity contribution in [2.75, 3.05) is 5.32 Å². The summed E-state index contributed by atoms with van der Waals surface area (Å²) in [6, 6.07) is 3.51. The van der Waals surface area contributed by atoms with E-state index in [2.05, 4.69) is 27.3 Å². The normalized spacial score (nSPS) is 10.1. The molecule has 1 aromatic carbocycles. The van der Waals surface area contributed by atoms with Gasteiger partial charge in [-0.1, -0.05) is 23.3 Å². The quantitative estimate of drug-likeness (QED) is 0.676. The fourth-order valence-electron chi connectivity index (χ4n) is 1.32. The van der Waals surface area contributed by atoms with Crippen molar-refractivity contribution >= 4 is 35.3 Å². The standard InChI is InChI=1S/C10H7ClN6O3/c1-2-16-14-10(13-15-16)12-9(18)7-4-3-6(17(19)20)5-8(7)11/h2-5H,1H2,(H,12,14,18). The summed E-state index contributed by atoms with van der Waals surface area (Å²) in [5.41, 5.74) is -0.144. The maximum Gasteiger partial charge on any atom is 0.270 e. The van der Waals surface area contributed by atoms with Crippen molar-refractivity contribution in [1.29, 1.82) is 0 Å². The molecule has 1 heterocycles. The lowest BCUT2D eigenvalue weighted by atomic mass is 10.2. The van der Waals surface area contributed by atoms with Crippen LogP contribution in [0.1, 0.15) is 10.4 Å². The molecule has 0 unspecified atom stereocenters. The molecule has 10 heteroatoms. The van der Waals surface area contributed by atoms with Gasteiger partial charge in [0.05, 0.1) is 15.5 Å². The Labute approximate surface area is 117 Å². The number of hydrogen-bond acceptors (Lipinski definition) is 6. The number of non-ortho nitro benzene ring substituents is 1. The number of tetrazole rings is 1. The molecular weight excluding hydrogens is 288 g/mol. The van der Waals surface area contributed by atoms with Gasteiger partial charge in [-0.05, 0) is 11.3 Å². The number of amides is 1. The second-order valence-electron chi connectivity index (χ2n) is 3.49. The second-order valence-corrected chi connectivity index (χ2v) is 3.90. The third-order valence-corrected chi connectivity index (χ3v) is 2.54. The van der Waals surface area contributed by atoms with Crippen molar-refractivity contribution in [3.63, 3.8) is 0 Å². The van der Waals surface area contributed by atoms with Gasteiger partial charge in [0, 0.05) is 18.3 Å². The van der Waals surface area contributed by atoms with Gasteiger partial charge in [-0.25, -0.2) is 0 Å². The van der Waals surface area contributed by atoms with E-state index in [0.29, 0.717) is 0 Å². The van der Waals surface area contributed by atoms with E-state index in [9.17, 15) is 14.9 Å². The Kier molecular flexibility index (Phi) is 3.71. The summed E-state index contributed by atoms with van der Waals surface area (Å²) in [6.07, 6.45) is 1.29. The monoisotopic (exact) mass is 294 g/mol. The number of nitro benzene ring substituents is 1. The van der Waals surface area contributed by atoms with Crippen LogP contribution < -0.4 is 5.32 Å². The SMILES string of the molecule is C=Cn1nnc(NC(=O)c2ccc([N+](=O)[O-])cc2Cl)n1. The van der Waals surface area contributed by atoms with Gasteiger partial charge in [0.1, 0.15) is 0 Å². The van der Waals surface area contributed by atoms with Crippen LogP contribution in [-0.4, -0.2) is 31.0 Å². The van der Waals surface area contributed by atoms with E-state index >= 15 is 0 Å². The van der Waals surface area contributed by atoms with Crippen LogP contribution in [-0.2, 0) is 0 Å². The first kappa shape index (κ1) is 13.6. The molecule has 0 aliphatic carbocycles. The van der Waals surface area contributed by atoms with Crippen molar-refractivity contribution in [1.82, 2.24) is 20.2 Å². The number of benzene rings is 1. The van der Waals surface area contributed by atoms with Gasteiger partial charge in [-0.15, -0.1) is 9.90 Å². The van der Waals surface area contributed by atoms with E-state index in [4.69, 9.17) is 11.6 Å². The summed E-state index contributed by atoms with van der Waals surface area (Å²) in [7, 11) is 0. The Morgan fingerprint density at radius 1 is 1.55 bits per heavy atom. The smallest absolute Gasteiger partial charge is 0.270 e. The van der Waals surface area contributed by atoms with Gasteiger partial charge in [0.15, 0.2) is 0 Å². The van der Waals surface area contributed by atoms with Crippen LogP contribution in [0.5, 0.6) is 0 Å². The minimum absolute atomic E-state index is 0.0377. The fourth-order valence-corrected chi connectivity index (χ4v) is 1.58. The molecule has 0 atom stereocenters. The maximum absolute atomic E-state index is 11.9. The van der Waals surface area contributed by atoms with Gasteiger partial charge in [0.25, 0.3) is 17.5 Å². The Bertz CT molecular complexity index is 698.